The monoisotopic (exact) mass is 454 g/mol. The molecule has 1 N–H and O–H groups in total. The number of rotatable bonds is 6. The summed E-state index contributed by atoms with van der Waals surface area (Å²) >= 11 is 6.20. The molecule has 0 spiro atoms. The van der Waals surface area contributed by atoms with Crippen LogP contribution in [0.4, 0.5) is 5.69 Å². The fourth-order valence-corrected chi connectivity index (χ4v) is 3.20. The number of halogens is 1. The van der Waals surface area contributed by atoms with E-state index in [9.17, 15) is 14.4 Å². The molecule has 0 aliphatic rings. The number of nitrogens with zero attached hydrogens (tertiary/aromatic N) is 3. The summed E-state index contributed by atoms with van der Waals surface area (Å²) in [6, 6.07) is 11.4. The molecular formula is C23H23ClN4O4. The smallest absolute Gasteiger partial charge is 0.341 e. The van der Waals surface area contributed by atoms with Gasteiger partial charge in [-0.3, -0.25) is 9.59 Å². The molecule has 0 aliphatic heterocycles. The number of carbonyl (C=O) groups is 3. The van der Waals surface area contributed by atoms with Gasteiger partial charge in [0.15, 0.2) is 0 Å². The summed E-state index contributed by atoms with van der Waals surface area (Å²) in [6.45, 7) is 3.79. The van der Waals surface area contributed by atoms with E-state index in [0.29, 0.717) is 38.8 Å². The minimum atomic E-state index is -0.431. The van der Waals surface area contributed by atoms with E-state index in [2.05, 4.69) is 10.4 Å². The predicted molar refractivity (Wildman–Crippen MR) is 122 cm³/mol. The second kappa shape index (κ2) is 9.65. The Balaban J connectivity index is 1.79. The minimum absolute atomic E-state index is 0.196. The Kier molecular flexibility index (Phi) is 6.95. The molecule has 9 heteroatoms. The standard InChI is InChI=1S/C23H23ClN4O4/c1-5-32-23(31)18-13-25-28(14(18)2)17-9-6-15(7-10-17)21(29)26-20-12-16(8-11-19(20)24)22(30)27(3)4/h6-13H,5H2,1-4H3,(H,26,29). The number of aromatic nitrogens is 2. The van der Waals surface area contributed by atoms with Crippen LogP contribution in [0.2, 0.25) is 5.02 Å². The van der Waals surface area contributed by atoms with Crippen molar-refractivity contribution in [3.63, 3.8) is 0 Å². The molecule has 166 valence electrons. The average molecular weight is 455 g/mol. The fraction of sp³-hybridized carbons (Fsp3) is 0.217. The lowest BCUT2D eigenvalue weighted by Crippen LogP contribution is -2.22. The van der Waals surface area contributed by atoms with E-state index in [1.807, 2.05) is 0 Å². The minimum Gasteiger partial charge on any atom is -0.462 e. The van der Waals surface area contributed by atoms with Gasteiger partial charge in [0.1, 0.15) is 5.56 Å². The van der Waals surface area contributed by atoms with Crippen molar-refractivity contribution in [1.82, 2.24) is 14.7 Å². The van der Waals surface area contributed by atoms with Crippen molar-refractivity contribution >= 4 is 35.1 Å². The van der Waals surface area contributed by atoms with Crippen molar-refractivity contribution in [3.05, 3.63) is 76.1 Å². The quantitative estimate of drug-likeness (QED) is 0.569. The molecule has 2 aromatic carbocycles. The molecule has 2 amide bonds. The van der Waals surface area contributed by atoms with Crippen molar-refractivity contribution in [2.75, 3.05) is 26.0 Å². The van der Waals surface area contributed by atoms with Crippen molar-refractivity contribution in [2.45, 2.75) is 13.8 Å². The third-order valence-corrected chi connectivity index (χ3v) is 5.08. The normalized spacial score (nSPS) is 10.5. The average Bonchev–Trinajstić information content (AvgIpc) is 3.16. The first-order chi connectivity index (χ1) is 15.2. The molecule has 3 rings (SSSR count). The number of hydrogen-bond acceptors (Lipinski definition) is 5. The summed E-state index contributed by atoms with van der Waals surface area (Å²) < 4.78 is 6.63. The lowest BCUT2D eigenvalue weighted by atomic mass is 10.1. The van der Waals surface area contributed by atoms with Crippen LogP contribution in [0.5, 0.6) is 0 Å². The lowest BCUT2D eigenvalue weighted by molar-refractivity contribution is 0.0525. The highest BCUT2D eigenvalue weighted by Gasteiger charge is 2.17. The molecular weight excluding hydrogens is 432 g/mol. The Labute approximate surface area is 190 Å². The highest BCUT2D eigenvalue weighted by Crippen LogP contribution is 2.24. The molecule has 0 atom stereocenters. The highest BCUT2D eigenvalue weighted by molar-refractivity contribution is 6.34. The third-order valence-electron chi connectivity index (χ3n) is 4.75. The first kappa shape index (κ1) is 23.0. The first-order valence-corrected chi connectivity index (χ1v) is 10.3. The Morgan fingerprint density at radius 3 is 2.38 bits per heavy atom. The van der Waals surface area contributed by atoms with Crippen molar-refractivity contribution < 1.29 is 19.1 Å². The van der Waals surface area contributed by atoms with Gasteiger partial charge < -0.3 is 15.0 Å². The second-order valence-corrected chi connectivity index (χ2v) is 7.58. The van der Waals surface area contributed by atoms with E-state index in [1.165, 1.54) is 11.1 Å². The van der Waals surface area contributed by atoms with Crippen molar-refractivity contribution in [3.8, 4) is 5.69 Å². The fourth-order valence-electron chi connectivity index (χ4n) is 3.04. The molecule has 8 nitrogen and oxygen atoms in total. The van der Waals surface area contributed by atoms with Crippen LogP contribution >= 0.6 is 11.6 Å². The molecule has 1 heterocycles. The van der Waals surface area contributed by atoms with Gasteiger partial charge >= 0.3 is 5.97 Å². The van der Waals surface area contributed by atoms with Gasteiger partial charge in [0, 0.05) is 25.2 Å². The molecule has 0 radical (unpaired) electrons. The maximum atomic E-state index is 12.7. The van der Waals surface area contributed by atoms with Crippen LogP contribution < -0.4 is 5.32 Å². The van der Waals surface area contributed by atoms with E-state index in [1.54, 1.807) is 75.1 Å². The number of nitrogens with one attached hydrogen (secondary N) is 1. The Morgan fingerprint density at radius 1 is 1.09 bits per heavy atom. The van der Waals surface area contributed by atoms with E-state index < -0.39 is 5.97 Å². The Bertz CT molecular complexity index is 1170. The molecule has 0 saturated carbocycles. The van der Waals surface area contributed by atoms with E-state index >= 15 is 0 Å². The van der Waals surface area contributed by atoms with Gasteiger partial charge in [0.2, 0.25) is 0 Å². The van der Waals surface area contributed by atoms with Crippen LogP contribution in [0, 0.1) is 6.92 Å². The summed E-state index contributed by atoms with van der Waals surface area (Å²) in [5.41, 5.74) is 2.85. The summed E-state index contributed by atoms with van der Waals surface area (Å²) in [4.78, 5) is 38.3. The number of anilines is 1. The summed E-state index contributed by atoms with van der Waals surface area (Å²) in [5.74, 6) is -1.00. The molecule has 0 unspecified atom stereocenters. The van der Waals surface area contributed by atoms with Gasteiger partial charge in [0.05, 0.1) is 34.9 Å². The molecule has 0 aliphatic carbocycles. The lowest BCUT2D eigenvalue weighted by Gasteiger charge is -2.13. The Morgan fingerprint density at radius 2 is 1.75 bits per heavy atom. The van der Waals surface area contributed by atoms with Crippen LogP contribution in [-0.2, 0) is 4.74 Å². The van der Waals surface area contributed by atoms with Crippen LogP contribution in [0.1, 0.15) is 43.7 Å². The molecule has 0 bridgehead atoms. The van der Waals surface area contributed by atoms with E-state index in [-0.39, 0.29) is 18.4 Å². The Hall–Kier alpha value is -3.65. The number of esters is 1. The largest absolute Gasteiger partial charge is 0.462 e. The molecule has 0 fully saturated rings. The zero-order valence-corrected chi connectivity index (χ0v) is 18.9. The number of ether oxygens (including phenoxy) is 1. The number of hydrogen-bond donors (Lipinski definition) is 1. The highest BCUT2D eigenvalue weighted by atomic mass is 35.5. The zero-order chi connectivity index (χ0) is 23.4. The van der Waals surface area contributed by atoms with Crippen LogP contribution in [-0.4, -0.2) is 53.2 Å². The molecule has 32 heavy (non-hydrogen) atoms. The van der Waals surface area contributed by atoms with Gasteiger partial charge in [-0.15, -0.1) is 0 Å². The third kappa shape index (κ3) is 4.81. The molecule has 1 aromatic heterocycles. The van der Waals surface area contributed by atoms with Gasteiger partial charge in [0.25, 0.3) is 11.8 Å². The van der Waals surface area contributed by atoms with Gasteiger partial charge in [-0.25, -0.2) is 9.48 Å². The summed E-state index contributed by atoms with van der Waals surface area (Å²) in [7, 11) is 3.29. The zero-order valence-electron chi connectivity index (χ0n) is 18.2. The maximum absolute atomic E-state index is 12.7. The molecule has 3 aromatic rings. The first-order valence-electron chi connectivity index (χ1n) is 9.87. The van der Waals surface area contributed by atoms with Crippen LogP contribution in [0.25, 0.3) is 5.69 Å². The second-order valence-electron chi connectivity index (χ2n) is 7.17. The molecule has 0 saturated heterocycles. The number of benzene rings is 2. The van der Waals surface area contributed by atoms with Crippen LogP contribution in [0.15, 0.2) is 48.7 Å². The summed E-state index contributed by atoms with van der Waals surface area (Å²) in [6.07, 6.45) is 1.46. The van der Waals surface area contributed by atoms with Gasteiger partial charge in [-0.05, 0) is 56.3 Å². The van der Waals surface area contributed by atoms with E-state index in [0.717, 1.165) is 0 Å². The van der Waals surface area contributed by atoms with Crippen LogP contribution in [0.3, 0.4) is 0 Å². The van der Waals surface area contributed by atoms with Gasteiger partial charge in [-0.2, -0.15) is 5.10 Å². The topological polar surface area (TPSA) is 93.5 Å². The number of carbonyl (C=O) groups excluding carboxylic acids is 3. The predicted octanol–water partition coefficient (Wildman–Crippen LogP) is 3.96. The maximum Gasteiger partial charge on any atom is 0.341 e. The van der Waals surface area contributed by atoms with E-state index in [4.69, 9.17) is 16.3 Å². The number of amides is 2. The van der Waals surface area contributed by atoms with Crippen molar-refractivity contribution in [2.24, 2.45) is 0 Å². The van der Waals surface area contributed by atoms with Gasteiger partial charge in [-0.1, -0.05) is 11.6 Å². The summed E-state index contributed by atoms with van der Waals surface area (Å²) in [5, 5.41) is 7.31. The SMILES string of the molecule is CCOC(=O)c1cnn(-c2ccc(C(=O)Nc3cc(C(=O)N(C)C)ccc3Cl)cc2)c1C. The van der Waals surface area contributed by atoms with Crippen molar-refractivity contribution in [1.29, 1.82) is 0 Å².